The first kappa shape index (κ1) is 20.3. The second kappa shape index (κ2) is 9.05. The molecule has 0 atom stereocenters. The van der Waals surface area contributed by atoms with Gasteiger partial charge in [0, 0.05) is 19.1 Å². The fourth-order valence-corrected chi connectivity index (χ4v) is 3.72. The highest BCUT2D eigenvalue weighted by Gasteiger charge is 2.25. The van der Waals surface area contributed by atoms with Crippen LogP contribution >= 0.6 is 0 Å². The molecule has 1 amide bonds. The number of nitrogens with zero attached hydrogens (tertiary/aromatic N) is 1. The van der Waals surface area contributed by atoms with Crippen LogP contribution in [-0.2, 0) is 14.8 Å². The lowest BCUT2D eigenvalue weighted by atomic mass is 10.1. The fraction of sp³-hybridized carbons (Fsp3) is 0.500. The molecular formula is C18H26N2O5S. The lowest BCUT2D eigenvalue weighted by Gasteiger charge is -2.30. The Balaban J connectivity index is 1.84. The molecule has 2 rings (SSSR count). The number of carbonyl (C=O) groups excluding carboxylic acids is 1. The van der Waals surface area contributed by atoms with Crippen LogP contribution in [-0.4, -0.2) is 57.7 Å². The molecule has 0 aliphatic carbocycles. The Kier molecular flexibility index (Phi) is 7.05. The molecule has 1 saturated heterocycles. The molecule has 0 bridgehead atoms. The topological polar surface area (TPSA) is 84.9 Å². The highest BCUT2D eigenvalue weighted by atomic mass is 32.2. The molecule has 1 N–H and O–H groups in total. The van der Waals surface area contributed by atoms with E-state index in [1.165, 1.54) is 10.6 Å². The van der Waals surface area contributed by atoms with Crippen molar-refractivity contribution in [1.82, 2.24) is 9.62 Å². The summed E-state index contributed by atoms with van der Waals surface area (Å²) < 4.78 is 35.3. The number of piperidine rings is 1. The van der Waals surface area contributed by atoms with Gasteiger partial charge >= 0.3 is 0 Å². The van der Waals surface area contributed by atoms with Crippen LogP contribution < -0.4 is 14.8 Å². The molecule has 8 heteroatoms. The second-order valence-electron chi connectivity index (χ2n) is 6.20. The van der Waals surface area contributed by atoms with Gasteiger partial charge in [0.05, 0.1) is 13.4 Å². The second-order valence-corrected chi connectivity index (χ2v) is 8.19. The maximum atomic E-state index is 12.1. The summed E-state index contributed by atoms with van der Waals surface area (Å²) in [7, 11) is -1.61. The molecule has 1 heterocycles. The van der Waals surface area contributed by atoms with Gasteiger partial charge in [0.25, 0.3) is 5.91 Å². The predicted molar refractivity (Wildman–Crippen MR) is 101 cm³/mol. The van der Waals surface area contributed by atoms with Crippen LogP contribution in [0.15, 0.2) is 24.3 Å². The van der Waals surface area contributed by atoms with E-state index in [1.807, 2.05) is 31.2 Å². The van der Waals surface area contributed by atoms with Crippen molar-refractivity contribution in [2.75, 3.05) is 33.1 Å². The number of hydrogen-bond acceptors (Lipinski definition) is 5. The minimum Gasteiger partial charge on any atom is -0.493 e. The van der Waals surface area contributed by atoms with E-state index in [2.05, 4.69) is 5.32 Å². The summed E-state index contributed by atoms with van der Waals surface area (Å²) in [6, 6.07) is 5.46. The molecule has 0 spiro atoms. The summed E-state index contributed by atoms with van der Waals surface area (Å²) in [6.07, 6.45) is 6.27. The quantitative estimate of drug-likeness (QED) is 0.775. The van der Waals surface area contributed by atoms with E-state index in [0.29, 0.717) is 37.4 Å². The van der Waals surface area contributed by atoms with Crippen LogP contribution in [0.25, 0.3) is 6.08 Å². The largest absolute Gasteiger partial charge is 0.493 e. The van der Waals surface area contributed by atoms with Crippen molar-refractivity contribution in [3.63, 3.8) is 0 Å². The monoisotopic (exact) mass is 382 g/mol. The van der Waals surface area contributed by atoms with Crippen LogP contribution in [0.4, 0.5) is 0 Å². The van der Waals surface area contributed by atoms with Gasteiger partial charge in [-0.05, 0) is 37.5 Å². The first-order valence-electron chi connectivity index (χ1n) is 8.51. The molecule has 1 fully saturated rings. The summed E-state index contributed by atoms with van der Waals surface area (Å²) >= 11 is 0. The first-order valence-corrected chi connectivity index (χ1v) is 10.4. The van der Waals surface area contributed by atoms with Crippen molar-refractivity contribution >= 4 is 22.0 Å². The molecule has 1 aromatic carbocycles. The SMILES string of the molecule is C/C=C/c1ccc(OCC(=O)NC2CCN(S(C)(=O)=O)CC2)c(OC)c1. The van der Waals surface area contributed by atoms with Crippen molar-refractivity contribution in [2.45, 2.75) is 25.8 Å². The zero-order chi connectivity index (χ0) is 19.2. The zero-order valence-corrected chi connectivity index (χ0v) is 16.2. The summed E-state index contributed by atoms with van der Waals surface area (Å²) in [5.74, 6) is 0.833. The Morgan fingerprint density at radius 1 is 1.31 bits per heavy atom. The van der Waals surface area contributed by atoms with Crippen LogP contribution in [0.3, 0.4) is 0 Å². The molecule has 1 aromatic rings. The lowest BCUT2D eigenvalue weighted by molar-refractivity contribution is -0.124. The molecule has 1 aliphatic heterocycles. The number of allylic oxidation sites excluding steroid dienone is 1. The zero-order valence-electron chi connectivity index (χ0n) is 15.4. The van der Waals surface area contributed by atoms with E-state index in [0.717, 1.165) is 5.56 Å². The third-order valence-electron chi connectivity index (χ3n) is 4.19. The van der Waals surface area contributed by atoms with Crippen molar-refractivity contribution in [1.29, 1.82) is 0 Å². The summed E-state index contributed by atoms with van der Waals surface area (Å²) in [5.41, 5.74) is 0.985. The van der Waals surface area contributed by atoms with Crippen molar-refractivity contribution < 1.29 is 22.7 Å². The third-order valence-corrected chi connectivity index (χ3v) is 5.50. The maximum Gasteiger partial charge on any atom is 0.258 e. The van der Waals surface area contributed by atoms with Gasteiger partial charge in [-0.2, -0.15) is 0 Å². The van der Waals surface area contributed by atoms with Crippen LogP contribution in [0, 0.1) is 0 Å². The summed E-state index contributed by atoms with van der Waals surface area (Å²) in [4.78, 5) is 12.1. The summed E-state index contributed by atoms with van der Waals surface area (Å²) in [6.45, 7) is 2.66. The number of carbonyl (C=O) groups is 1. The number of methoxy groups -OCH3 is 1. The number of rotatable bonds is 7. The van der Waals surface area contributed by atoms with Crippen LogP contribution in [0.5, 0.6) is 11.5 Å². The number of nitrogens with one attached hydrogen (secondary N) is 1. The van der Waals surface area contributed by atoms with E-state index in [1.54, 1.807) is 13.2 Å². The molecule has 0 aromatic heterocycles. The number of hydrogen-bond donors (Lipinski definition) is 1. The highest BCUT2D eigenvalue weighted by Crippen LogP contribution is 2.28. The van der Waals surface area contributed by atoms with E-state index in [4.69, 9.17) is 9.47 Å². The minimum atomic E-state index is -3.16. The van der Waals surface area contributed by atoms with Gasteiger partial charge in [-0.3, -0.25) is 4.79 Å². The molecule has 26 heavy (non-hydrogen) atoms. The van der Waals surface area contributed by atoms with E-state index in [9.17, 15) is 13.2 Å². The van der Waals surface area contributed by atoms with E-state index < -0.39 is 10.0 Å². The minimum absolute atomic E-state index is 0.0388. The van der Waals surface area contributed by atoms with Crippen molar-refractivity contribution in [3.05, 3.63) is 29.8 Å². The van der Waals surface area contributed by atoms with Gasteiger partial charge in [0.1, 0.15) is 0 Å². The Bertz CT molecular complexity index is 753. The number of benzene rings is 1. The molecule has 0 unspecified atom stereocenters. The average molecular weight is 382 g/mol. The molecule has 7 nitrogen and oxygen atoms in total. The van der Waals surface area contributed by atoms with Crippen LogP contribution in [0.1, 0.15) is 25.3 Å². The highest BCUT2D eigenvalue weighted by molar-refractivity contribution is 7.88. The van der Waals surface area contributed by atoms with Crippen molar-refractivity contribution in [2.24, 2.45) is 0 Å². The molecule has 0 radical (unpaired) electrons. The van der Waals surface area contributed by atoms with Gasteiger partial charge in [0.15, 0.2) is 18.1 Å². The van der Waals surface area contributed by atoms with Crippen molar-refractivity contribution in [3.8, 4) is 11.5 Å². The molecular weight excluding hydrogens is 356 g/mol. The average Bonchev–Trinajstić information content (AvgIpc) is 2.60. The predicted octanol–water partition coefficient (Wildman–Crippen LogP) is 1.65. The van der Waals surface area contributed by atoms with Gasteiger partial charge in [-0.15, -0.1) is 0 Å². The normalized spacial score (nSPS) is 16.6. The number of sulfonamides is 1. The Labute approximate surface area is 155 Å². The van der Waals surface area contributed by atoms with Gasteiger partial charge in [-0.1, -0.05) is 18.2 Å². The Morgan fingerprint density at radius 2 is 2.00 bits per heavy atom. The van der Waals surface area contributed by atoms with Gasteiger partial charge in [0.2, 0.25) is 10.0 Å². The Hall–Kier alpha value is -2.06. The molecule has 1 aliphatic rings. The smallest absolute Gasteiger partial charge is 0.258 e. The molecule has 144 valence electrons. The lowest BCUT2D eigenvalue weighted by Crippen LogP contribution is -2.47. The first-order chi connectivity index (χ1) is 12.3. The Morgan fingerprint density at radius 3 is 2.58 bits per heavy atom. The number of ether oxygens (including phenoxy) is 2. The fourth-order valence-electron chi connectivity index (χ4n) is 2.84. The van der Waals surface area contributed by atoms with E-state index >= 15 is 0 Å². The molecule has 0 saturated carbocycles. The third kappa shape index (κ3) is 5.74. The van der Waals surface area contributed by atoms with Gasteiger partial charge < -0.3 is 14.8 Å². The van der Waals surface area contributed by atoms with Gasteiger partial charge in [-0.25, -0.2) is 12.7 Å². The number of amides is 1. The maximum absolute atomic E-state index is 12.1. The standard InChI is InChI=1S/C18H26N2O5S/c1-4-5-14-6-7-16(17(12-14)24-2)25-13-18(21)19-15-8-10-20(11-9-15)26(3,22)23/h4-7,12,15H,8-11,13H2,1-3H3,(H,19,21)/b5-4+. The van der Waals surface area contributed by atoms with Crippen LogP contribution in [0.2, 0.25) is 0 Å². The summed E-state index contributed by atoms with van der Waals surface area (Å²) in [5, 5.41) is 2.89. The van der Waals surface area contributed by atoms with E-state index in [-0.39, 0.29) is 18.6 Å².